The molecule has 0 aliphatic rings. The third-order valence-corrected chi connectivity index (χ3v) is 3.35. The second kappa shape index (κ2) is 6.69. The van der Waals surface area contributed by atoms with E-state index in [0.717, 1.165) is 5.69 Å². The number of aromatic nitrogens is 1. The third kappa shape index (κ3) is 4.03. The molecule has 5 nitrogen and oxygen atoms in total. The molecule has 2 N–H and O–H groups in total. The zero-order valence-electron chi connectivity index (χ0n) is 11.0. The fourth-order valence-corrected chi connectivity index (χ4v) is 2.35. The first-order valence-corrected chi connectivity index (χ1v) is 7.08. The monoisotopic (exact) mass is 367 g/mol. The van der Waals surface area contributed by atoms with Crippen molar-refractivity contribution in [3.05, 3.63) is 56.8 Å². The number of halogens is 2. The largest absolute Gasteiger partial charge is 0.506 e. The number of benzene rings is 1. The molecule has 2 aromatic rings. The van der Waals surface area contributed by atoms with Gasteiger partial charge in [0.05, 0.1) is 16.8 Å². The molecular formula is C14H11BrClN3O2. The minimum absolute atomic E-state index is 0.102. The summed E-state index contributed by atoms with van der Waals surface area (Å²) in [5.41, 5.74) is 3.96. The zero-order chi connectivity index (χ0) is 15.4. The van der Waals surface area contributed by atoms with Gasteiger partial charge in [-0.15, -0.1) is 0 Å². The van der Waals surface area contributed by atoms with Crippen molar-refractivity contribution in [1.82, 2.24) is 10.4 Å². The van der Waals surface area contributed by atoms with Crippen LogP contribution in [0.5, 0.6) is 5.75 Å². The number of hydrogen-bond donors (Lipinski definition) is 2. The van der Waals surface area contributed by atoms with Crippen molar-refractivity contribution >= 4 is 39.7 Å². The van der Waals surface area contributed by atoms with Crippen LogP contribution in [-0.2, 0) is 0 Å². The molecule has 0 bridgehead atoms. The Hall–Kier alpha value is -1.92. The summed E-state index contributed by atoms with van der Waals surface area (Å²) in [6, 6.07) is 6.58. The molecule has 0 atom stereocenters. The lowest BCUT2D eigenvalue weighted by Gasteiger charge is -2.03. The lowest BCUT2D eigenvalue weighted by atomic mass is 10.2. The number of phenols is 1. The van der Waals surface area contributed by atoms with Crippen molar-refractivity contribution in [1.29, 1.82) is 0 Å². The molecule has 0 aliphatic heterocycles. The van der Waals surface area contributed by atoms with E-state index in [1.165, 1.54) is 12.4 Å². The van der Waals surface area contributed by atoms with Gasteiger partial charge in [-0.1, -0.05) is 27.5 Å². The minimum atomic E-state index is -0.390. The first-order chi connectivity index (χ1) is 9.97. The predicted octanol–water partition coefficient (Wildman–Crippen LogP) is 3.28. The smallest absolute Gasteiger partial charge is 0.272 e. The Labute approximate surface area is 134 Å². The Morgan fingerprint density at radius 1 is 1.48 bits per heavy atom. The summed E-state index contributed by atoms with van der Waals surface area (Å²) in [6.07, 6.45) is 2.78. The normalized spacial score (nSPS) is 10.8. The maximum atomic E-state index is 11.8. The first kappa shape index (κ1) is 15.5. The van der Waals surface area contributed by atoms with Crippen molar-refractivity contribution < 1.29 is 9.90 Å². The van der Waals surface area contributed by atoms with E-state index in [1.807, 2.05) is 6.92 Å². The molecule has 0 spiro atoms. The number of aryl methyl sites for hydroxylation is 1. The fraction of sp³-hybridized carbons (Fsp3) is 0.0714. The molecule has 0 saturated carbocycles. The van der Waals surface area contributed by atoms with Crippen LogP contribution in [0.25, 0.3) is 0 Å². The highest BCUT2D eigenvalue weighted by Crippen LogP contribution is 2.30. The lowest BCUT2D eigenvalue weighted by molar-refractivity contribution is 0.0954. The fourth-order valence-electron chi connectivity index (χ4n) is 1.51. The summed E-state index contributed by atoms with van der Waals surface area (Å²) in [5.74, 6) is -0.491. The number of carbonyl (C=O) groups is 1. The summed E-state index contributed by atoms with van der Waals surface area (Å²) in [7, 11) is 0. The van der Waals surface area contributed by atoms with Crippen molar-refractivity contribution in [2.45, 2.75) is 6.92 Å². The van der Waals surface area contributed by atoms with Crippen LogP contribution < -0.4 is 5.43 Å². The van der Waals surface area contributed by atoms with Gasteiger partial charge in [-0.3, -0.25) is 9.78 Å². The number of nitrogens with one attached hydrogen (secondary N) is 1. The van der Waals surface area contributed by atoms with Crippen molar-refractivity contribution in [3.8, 4) is 5.75 Å². The van der Waals surface area contributed by atoms with Gasteiger partial charge in [0.15, 0.2) is 0 Å². The van der Waals surface area contributed by atoms with E-state index < -0.39 is 0 Å². The van der Waals surface area contributed by atoms with E-state index in [0.29, 0.717) is 15.6 Å². The van der Waals surface area contributed by atoms with Gasteiger partial charge in [-0.25, -0.2) is 5.43 Å². The van der Waals surface area contributed by atoms with E-state index >= 15 is 0 Å². The van der Waals surface area contributed by atoms with Gasteiger partial charge < -0.3 is 5.11 Å². The Bertz CT molecular complexity index is 702. The molecule has 2 rings (SSSR count). The van der Waals surface area contributed by atoms with Crippen LogP contribution in [0, 0.1) is 6.92 Å². The van der Waals surface area contributed by atoms with Gasteiger partial charge in [-0.05, 0) is 31.2 Å². The number of carbonyl (C=O) groups excluding carboxylic acids is 1. The first-order valence-electron chi connectivity index (χ1n) is 5.91. The summed E-state index contributed by atoms with van der Waals surface area (Å²) >= 11 is 9.09. The number of hydrazone groups is 1. The maximum absolute atomic E-state index is 11.8. The molecule has 21 heavy (non-hydrogen) atoms. The quantitative estimate of drug-likeness (QED) is 0.645. The topological polar surface area (TPSA) is 74.6 Å². The Kier molecular flexibility index (Phi) is 4.93. The van der Waals surface area contributed by atoms with Crippen LogP contribution in [0.2, 0.25) is 5.02 Å². The molecule has 108 valence electrons. The molecule has 1 amide bonds. The number of hydrogen-bond acceptors (Lipinski definition) is 4. The third-order valence-electron chi connectivity index (χ3n) is 2.60. The number of rotatable bonds is 3. The number of amides is 1. The van der Waals surface area contributed by atoms with Crippen LogP contribution in [0.1, 0.15) is 21.6 Å². The van der Waals surface area contributed by atoms with E-state index in [-0.39, 0.29) is 16.7 Å². The van der Waals surface area contributed by atoms with Crippen LogP contribution in [0.15, 0.2) is 40.0 Å². The van der Waals surface area contributed by atoms with Crippen molar-refractivity contribution in [2.75, 3.05) is 0 Å². The van der Waals surface area contributed by atoms with Crippen LogP contribution in [0.4, 0.5) is 0 Å². The summed E-state index contributed by atoms with van der Waals surface area (Å²) in [6.45, 7) is 1.83. The van der Waals surface area contributed by atoms with Gasteiger partial charge in [0, 0.05) is 21.9 Å². The molecule has 0 fully saturated rings. The second-order valence-corrected chi connectivity index (χ2v) is 5.54. The summed E-state index contributed by atoms with van der Waals surface area (Å²) in [4.78, 5) is 15.8. The Balaban J connectivity index is 2.09. The van der Waals surface area contributed by atoms with Crippen molar-refractivity contribution in [2.24, 2.45) is 5.10 Å². The molecule has 1 heterocycles. The highest BCUT2D eigenvalue weighted by atomic mass is 79.9. The molecule has 0 aliphatic carbocycles. The Morgan fingerprint density at radius 2 is 2.24 bits per heavy atom. The maximum Gasteiger partial charge on any atom is 0.272 e. The molecule has 7 heteroatoms. The van der Waals surface area contributed by atoms with Crippen LogP contribution in [0.3, 0.4) is 0 Å². The molecular weight excluding hydrogens is 358 g/mol. The zero-order valence-corrected chi connectivity index (χ0v) is 13.3. The minimum Gasteiger partial charge on any atom is -0.506 e. The van der Waals surface area contributed by atoms with Gasteiger partial charge in [-0.2, -0.15) is 5.10 Å². The number of phenolic OH excluding ortho intramolecular Hbond substituents is 1. The SMILES string of the molecule is Cc1ccc(C(=O)N/N=C\c2cc(Br)cc(Cl)c2O)cn1. The van der Waals surface area contributed by atoms with Crippen LogP contribution >= 0.6 is 27.5 Å². The molecule has 0 saturated heterocycles. The van der Waals surface area contributed by atoms with Gasteiger partial charge >= 0.3 is 0 Å². The highest BCUT2D eigenvalue weighted by molar-refractivity contribution is 9.10. The number of nitrogens with zero attached hydrogens (tertiary/aromatic N) is 2. The highest BCUT2D eigenvalue weighted by Gasteiger charge is 2.07. The Morgan fingerprint density at radius 3 is 2.90 bits per heavy atom. The van der Waals surface area contributed by atoms with E-state index in [4.69, 9.17) is 11.6 Å². The van der Waals surface area contributed by atoms with E-state index in [1.54, 1.807) is 24.3 Å². The summed E-state index contributed by atoms with van der Waals surface area (Å²) < 4.78 is 0.695. The van der Waals surface area contributed by atoms with Crippen LogP contribution in [-0.4, -0.2) is 22.2 Å². The van der Waals surface area contributed by atoms with E-state index in [9.17, 15) is 9.90 Å². The molecule has 0 unspecified atom stereocenters. The lowest BCUT2D eigenvalue weighted by Crippen LogP contribution is -2.17. The predicted molar refractivity (Wildman–Crippen MR) is 84.9 cm³/mol. The van der Waals surface area contributed by atoms with Gasteiger partial charge in [0.25, 0.3) is 5.91 Å². The molecule has 0 radical (unpaired) electrons. The number of pyridine rings is 1. The van der Waals surface area contributed by atoms with E-state index in [2.05, 4.69) is 31.4 Å². The second-order valence-electron chi connectivity index (χ2n) is 4.21. The summed E-state index contributed by atoms with van der Waals surface area (Å²) in [5, 5.41) is 13.8. The molecule has 1 aromatic carbocycles. The average molecular weight is 369 g/mol. The van der Waals surface area contributed by atoms with Crippen molar-refractivity contribution in [3.63, 3.8) is 0 Å². The van der Waals surface area contributed by atoms with Gasteiger partial charge in [0.2, 0.25) is 0 Å². The number of aromatic hydroxyl groups is 1. The van der Waals surface area contributed by atoms with Gasteiger partial charge in [0.1, 0.15) is 5.75 Å². The molecule has 1 aromatic heterocycles. The standard InChI is InChI=1S/C14H11BrClN3O2/c1-8-2-3-9(6-17-8)14(21)19-18-7-10-4-11(15)5-12(16)13(10)20/h2-7,20H,1H3,(H,19,21)/b18-7-. The average Bonchev–Trinajstić information content (AvgIpc) is 2.44.